The Hall–Kier alpha value is 1.13. The van der Waals surface area contributed by atoms with E-state index in [2.05, 4.69) is 0 Å². The third kappa shape index (κ3) is 2.24. The Morgan fingerprint density at radius 2 is 1.93 bits per heavy atom. The van der Waals surface area contributed by atoms with Crippen molar-refractivity contribution in [1.82, 2.24) is 0 Å². The highest BCUT2D eigenvalue weighted by Gasteiger charge is 2.55. The van der Waals surface area contributed by atoms with Gasteiger partial charge in [0, 0.05) is 11.2 Å². The monoisotopic (exact) mass is 308 g/mol. The van der Waals surface area contributed by atoms with E-state index >= 15 is 0 Å². The van der Waals surface area contributed by atoms with Gasteiger partial charge in [-0.3, -0.25) is 0 Å². The van der Waals surface area contributed by atoms with E-state index in [9.17, 15) is 4.57 Å². The molecular formula is C9H13Cl4OP. The van der Waals surface area contributed by atoms with Gasteiger partial charge in [-0.25, -0.2) is 0 Å². The summed E-state index contributed by atoms with van der Waals surface area (Å²) < 4.78 is 10.9. The average molecular weight is 310 g/mol. The summed E-state index contributed by atoms with van der Waals surface area (Å²) in [4.78, 5) is 0. The minimum atomic E-state index is -3.07. The second-order valence-corrected chi connectivity index (χ2v) is 10.3. The zero-order valence-corrected chi connectivity index (χ0v) is 12.7. The quantitative estimate of drug-likeness (QED) is 0.479. The lowest BCUT2D eigenvalue weighted by Crippen LogP contribution is -2.19. The minimum Gasteiger partial charge on any atom is -0.304 e. The van der Waals surface area contributed by atoms with E-state index in [0.29, 0.717) is 5.03 Å². The topological polar surface area (TPSA) is 17.1 Å². The van der Waals surface area contributed by atoms with Crippen LogP contribution in [0.3, 0.4) is 0 Å². The smallest absolute Gasteiger partial charge is 0.199 e. The molecule has 2 unspecified atom stereocenters. The molecule has 0 bridgehead atoms. The standard InChI is InChI=1S/C9H13Cl4OP/c1-8(2,3)6-4-15(13,14)9(12,5-10)7(6)11/h4-5H2,1-3H3. The first-order valence-electron chi connectivity index (χ1n) is 4.49. The van der Waals surface area contributed by atoms with Crippen LogP contribution < -0.4 is 0 Å². The summed E-state index contributed by atoms with van der Waals surface area (Å²) in [5.74, 6) is -0.0340. The number of hydrogen-bond donors (Lipinski definition) is 0. The summed E-state index contributed by atoms with van der Waals surface area (Å²) in [6, 6.07) is 0. The van der Waals surface area contributed by atoms with Gasteiger partial charge in [-0.1, -0.05) is 43.6 Å². The van der Waals surface area contributed by atoms with Crippen molar-refractivity contribution in [3.8, 4) is 0 Å². The third-order valence-electron chi connectivity index (χ3n) is 2.57. The molecule has 6 heteroatoms. The fraction of sp³-hybridized carbons (Fsp3) is 0.778. The lowest BCUT2D eigenvalue weighted by atomic mass is 9.87. The third-order valence-corrected chi connectivity index (χ3v) is 8.87. The summed E-state index contributed by atoms with van der Waals surface area (Å²) in [5.41, 5.74) is 0.655. The molecule has 1 aliphatic rings. The van der Waals surface area contributed by atoms with Crippen LogP contribution in [0.5, 0.6) is 0 Å². The first-order chi connectivity index (χ1) is 6.56. The van der Waals surface area contributed by atoms with Crippen LogP contribution in [0.15, 0.2) is 10.6 Å². The summed E-state index contributed by atoms with van der Waals surface area (Å²) in [7, 11) is 0. The maximum Gasteiger partial charge on any atom is 0.199 e. The fourth-order valence-electron chi connectivity index (χ4n) is 1.49. The number of allylic oxidation sites excluding steroid dienone is 2. The van der Waals surface area contributed by atoms with E-state index in [1.165, 1.54) is 0 Å². The van der Waals surface area contributed by atoms with Crippen LogP contribution in [-0.4, -0.2) is 16.7 Å². The van der Waals surface area contributed by atoms with Crippen LogP contribution in [0, 0.1) is 5.41 Å². The predicted octanol–water partition coefficient (Wildman–Crippen LogP) is 5.23. The number of rotatable bonds is 1. The Kier molecular flexibility index (Phi) is 3.88. The van der Waals surface area contributed by atoms with Gasteiger partial charge in [0.2, 0.25) is 0 Å². The zero-order valence-electron chi connectivity index (χ0n) is 8.78. The van der Waals surface area contributed by atoms with Crippen molar-refractivity contribution in [3.63, 3.8) is 0 Å². The SMILES string of the molecule is CC(C)(C)C1=C(Cl)C(Cl)(CCl)P(=O)(Cl)C1. The van der Waals surface area contributed by atoms with Crippen molar-refractivity contribution in [2.24, 2.45) is 5.41 Å². The number of hydrogen-bond acceptors (Lipinski definition) is 1. The molecule has 0 saturated heterocycles. The Bertz CT molecular complexity index is 358. The van der Waals surface area contributed by atoms with Gasteiger partial charge in [0.15, 0.2) is 11.1 Å². The van der Waals surface area contributed by atoms with Crippen molar-refractivity contribution >= 4 is 52.5 Å². The molecule has 2 atom stereocenters. The predicted molar refractivity (Wildman–Crippen MR) is 70.0 cm³/mol. The molecule has 0 aromatic carbocycles. The molecule has 0 N–H and O–H groups in total. The van der Waals surface area contributed by atoms with Crippen molar-refractivity contribution in [1.29, 1.82) is 0 Å². The van der Waals surface area contributed by atoms with Gasteiger partial charge < -0.3 is 4.57 Å². The Balaban J connectivity index is 3.32. The molecule has 0 aromatic heterocycles. The van der Waals surface area contributed by atoms with Crippen LogP contribution in [0.1, 0.15) is 20.8 Å². The maximum atomic E-state index is 12.2. The van der Waals surface area contributed by atoms with E-state index < -0.39 is 11.1 Å². The van der Waals surface area contributed by atoms with Gasteiger partial charge >= 0.3 is 0 Å². The molecule has 0 aliphatic carbocycles. The Labute approximate surface area is 110 Å². The highest BCUT2D eigenvalue weighted by atomic mass is 35.7. The molecule has 0 aromatic rings. The lowest BCUT2D eigenvalue weighted by Gasteiger charge is -2.22. The second-order valence-electron chi connectivity index (χ2n) is 4.75. The highest BCUT2D eigenvalue weighted by Crippen LogP contribution is 2.75. The maximum absolute atomic E-state index is 12.2. The summed E-state index contributed by atoms with van der Waals surface area (Å²) in [6.07, 6.45) is 0.243. The first kappa shape index (κ1) is 14.2. The van der Waals surface area contributed by atoms with Crippen LogP contribution in [0.2, 0.25) is 0 Å². The van der Waals surface area contributed by atoms with Crippen LogP contribution in [-0.2, 0) is 4.57 Å². The van der Waals surface area contributed by atoms with Crippen molar-refractivity contribution in [2.75, 3.05) is 12.0 Å². The summed E-state index contributed by atoms with van der Waals surface area (Å²) in [6.45, 7) is 2.88. The van der Waals surface area contributed by atoms with E-state index in [-0.39, 0.29) is 17.5 Å². The van der Waals surface area contributed by atoms with Gasteiger partial charge in [0.05, 0.1) is 5.88 Å². The average Bonchev–Trinajstić information content (AvgIpc) is 2.26. The highest BCUT2D eigenvalue weighted by molar-refractivity contribution is 7.92. The Morgan fingerprint density at radius 1 is 1.47 bits per heavy atom. The van der Waals surface area contributed by atoms with E-state index in [4.69, 9.17) is 46.0 Å². The van der Waals surface area contributed by atoms with Crippen molar-refractivity contribution in [2.45, 2.75) is 25.4 Å². The van der Waals surface area contributed by atoms with E-state index in [0.717, 1.165) is 5.57 Å². The molecular weight excluding hydrogens is 297 g/mol. The zero-order chi connectivity index (χ0) is 12.1. The molecule has 1 rings (SSSR count). The fourth-order valence-corrected chi connectivity index (χ4v) is 6.49. The van der Waals surface area contributed by atoms with Gasteiger partial charge in [-0.15, -0.1) is 23.2 Å². The molecule has 1 heterocycles. The molecule has 1 aliphatic heterocycles. The number of halogens is 4. The van der Waals surface area contributed by atoms with Gasteiger partial charge in [-0.05, 0) is 11.0 Å². The number of alkyl halides is 2. The second kappa shape index (κ2) is 4.10. The summed E-state index contributed by atoms with van der Waals surface area (Å²) >= 11 is 24.1. The van der Waals surface area contributed by atoms with Crippen LogP contribution in [0.25, 0.3) is 0 Å². The lowest BCUT2D eigenvalue weighted by molar-refractivity contribution is 0.503. The van der Waals surface area contributed by atoms with E-state index in [1.807, 2.05) is 20.8 Å². The normalized spacial score (nSPS) is 37.5. The molecule has 0 amide bonds. The molecule has 0 radical (unpaired) electrons. The van der Waals surface area contributed by atoms with Crippen LogP contribution in [0.4, 0.5) is 0 Å². The van der Waals surface area contributed by atoms with Crippen molar-refractivity contribution in [3.05, 3.63) is 10.6 Å². The molecule has 0 saturated carbocycles. The summed E-state index contributed by atoms with van der Waals surface area (Å²) in [5, 5.41) is 0.366. The van der Waals surface area contributed by atoms with Crippen LogP contribution >= 0.6 is 52.5 Å². The first-order valence-corrected chi connectivity index (χ1v) is 8.58. The van der Waals surface area contributed by atoms with Gasteiger partial charge in [0.1, 0.15) is 0 Å². The molecule has 0 spiro atoms. The largest absolute Gasteiger partial charge is 0.304 e. The molecule has 1 nitrogen and oxygen atoms in total. The van der Waals surface area contributed by atoms with Gasteiger partial charge in [-0.2, -0.15) is 0 Å². The molecule has 15 heavy (non-hydrogen) atoms. The minimum absolute atomic E-state index is 0.0340. The van der Waals surface area contributed by atoms with Gasteiger partial charge in [0.25, 0.3) is 0 Å². The van der Waals surface area contributed by atoms with Crippen molar-refractivity contribution < 1.29 is 4.57 Å². The molecule has 0 fully saturated rings. The molecule has 88 valence electrons. The Morgan fingerprint density at radius 3 is 2.13 bits per heavy atom. The van der Waals surface area contributed by atoms with E-state index in [1.54, 1.807) is 0 Å².